The van der Waals surface area contributed by atoms with Crippen LogP contribution in [0.5, 0.6) is 5.75 Å². The van der Waals surface area contributed by atoms with Crippen LogP contribution in [-0.2, 0) is 25.3 Å². The molecule has 3 aliphatic rings. The molecule has 0 amide bonds. The summed E-state index contributed by atoms with van der Waals surface area (Å²) in [5, 5.41) is 4.31. The van der Waals surface area contributed by atoms with Gasteiger partial charge in [0.15, 0.2) is 5.84 Å². The molecule has 3 heterocycles. The second-order valence-electron chi connectivity index (χ2n) is 10.6. The van der Waals surface area contributed by atoms with Gasteiger partial charge in [-0.3, -0.25) is 10.2 Å². The van der Waals surface area contributed by atoms with E-state index in [4.69, 9.17) is 14.2 Å². The van der Waals surface area contributed by atoms with Gasteiger partial charge < -0.3 is 19.1 Å². The minimum Gasteiger partial charge on any atom is -0.483 e. The van der Waals surface area contributed by atoms with Crippen molar-refractivity contribution in [1.82, 2.24) is 5.43 Å². The number of rotatable bonds is 7. The molecule has 8 heteroatoms. The SMILES string of the molecule is COC(=O)C1(c2cc(F)cc(OC(C)(CC(C)C)c3ccc4c(c3)C=CC3=NNCN34)c2)CCOCC1. The summed E-state index contributed by atoms with van der Waals surface area (Å²) in [7, 11) is 1.37. The first kappa shape index (κ1) is 25.3. The fourth-order valence-corrected chi connectivity index (χ4v) is 5.77. The number of amidine groups is 1. The summed E-state index contributed by atoms with van der Waals surface area (Å²) in [5.74, 6) is 0.776. The van der Waals surface area contributed by atoms with E-state index in [0.29, 0.717) is 50.0 Å². The van der Waals surface area contributed by atoms with Crippen LogP contribution >= 0.6 is 0 Å². The van der Waals surface area contributed by atoms with Gasteiger partial charge in [0.2, 0.25) is 0 Å². The van der Waals surface area contributed by atoms with Gasteiger partial charge >= 0.3 is 5.97 Å². The van der Waals surface area contributed by atoms with E-state index in [1.54, 1.807) is 6.07 Å². The number of anilines is 1. The zero-order valence-corrected chi connectivity index (χ0v) is 21.8. The maximum atomic E-state index is 15.0. The van der Waals surface area contributed by atoms with Crippen molar-refractivity contribution in [3.8, 4) is 5.75 Å². The molecule has 0 aromatic heterocycles. The largest absolute Gasteiger partial charge is 0.483 e. The van der Waals surface area contributed by atoms with Crippen molar-refractivity contribution >= 4 is 23.6 Å². The van der Waals surface area contributed by atoms with E-state index in [1.807, 2.05) is 13.0 Å². The zero-order valence-electron chi connectivity index (χ0n) is 21.8. The summed E-state index contributed by atoms with van der Waals surface area (Å²) in [6.07, 6.45) is 5.63. The van der Waals surface area contributed by atoms with E-state index in [9.17, 15) is 4.79 Å². The topological polar surface area (TPSA) is 72.4 Å². The summed E-state index contributed by atoms with van der Waals surface area (Å²) in [4.78, 5) is 15.0. The van der Waals surface area contributed by atoms with Crippen LogP contribution in [0.25, 0.3) is 6.08 Å². The third-order valence-electron chi connectivity index (χ3n) is 7.53. The summed E-state index contributed by atoms with van der Waals surface area (Å²) in [6.45, 7) is 7.78. The molecule has 5 rings (SSSR count). The summed E-state index contributed by atoms with van der Waals surface area (Å²) >= 11 is 0. The van der Waals surface area contributed by atoms with E-state index in [1.165, 1.54) is 19.2 Å². The monoisotopic (exact) mass is 507 g/mol. The van der Waals surface area contributed by atoms with E-state index in [-0.39, 0.29) is 5.97 Å². The molecular formula is C29H34FN3O4. The number of carbonyl (C=O) groups excluding carboxylic acids is 1. The van der Waals surface area contributed by atoms with Gasteiger partial charge in [-0.2, -0.15) is 5.10 Å². The van der Waals surface area contributed by atoms with E-state index >= 15 is 4.39 Å². The standard InChI is InChI=1S/C29H34FN3O4/c1-19(2)17-28(3,21-6-7-25-20(13-21)5-8-26-32-31-18-33(25)26)37-24-15-22(14-23(30)16-24)29(27(34)35-4)9-11-36-12-10-29/h5-8,13-16,19,31H,9-12,17-18H2,1-4H3. The normalized spacial score (nSPS) is 19.4. The smallest absolute Gasteiger partial charge is 0.316 e. The lowest BCUT2D eigenvalue weighted by Gasteiger charge is -2.37. The van der Waals surface area contributed by atoms with Crippen molar-refractivity contribution in [2.75, 3.05) is 31.9 Å². The van der Waals surface area contributed by atoms with Crippen molar-refractivity contribution in [3.63, 3.8) is 0 Å². The van der Waals surface area contributed by atoms with Crippen molar-refractivity contribution in [2.45, 2.75) is 51.0 Å². The highest BCUT2D eigenvalue weighted by molar-refractivity contribution is 6.12. The number of nitrogens with one attached hydrogen (secondary N) is 1. The molecular weight excluding hydrogens is 473 g/mol. The summed E-state index contributed by atoms with van der Waals surface area (Å²) in [5.41, 5.74) is 5.05. The number of benzene rings is 2. The second kappa shape index (κ2) is 9.82. The predicted octanol–water partition coefficient (Wildman–Crippen LogP) is 5.09. The fraction of sp³-hybridized carbons (Fsp3) is 0.448. The number of hydrazone groups is 1. The average Bonchev–Trinajstić information content (AvgIpc) is 3.37. The van der Waals surface area contributed by atoms with Gasteiger partial charge in [0.05, 0.1) is 18.2 Å². The number of methoxy groups -OCH3 is 1. The van der Waals surface area contributed by atoms with Crippen LogP contribution in [0.2, 0.25) is 0 Å². The number of ether oxygens (including phenoxy) is 3. The molecule has 37 heavy (non-hydrogen) atoms. The minimum absolute atomic E-state index is 0.322. The Labute approximate surface area is 217 Å². The molecule has 1 unspecified atom stereocenters. The van der Waals surface area contributed by atoms with Crippen LogP contribution < -0.4 is 15.1 Å². The Morgan fingerprint density at radius 3 is 2.73 bits per heavy atom. The number of esters is 1. The molecule has 0 radical (unpaired) electrons. The van der Waals surface area contributed by atoms with Crippen LogP contribution in [0, 0.1) is 11.7 Å². The molecule has 1 N–H and O–H groups in total. The third-order valence-corrected chi connectivity index (χ3v) is 7.53. The van der Waals surface area contributed by atoms with Crippen LogP contribution in [0.4, 0.5) is 10.1 Å². The van der Waals surface area contributed by atoms with E-state index in [0.717, 1.165) is 29.1 Å². The summed E-state index contributed by atoms with van der Waals surface area (Å²) < 4.78 is 32.3. The number of hydrogen-bond donors (Lipinski definition) is 1. The van der Waals surface area contributed by atoms with Gasteiger partial charge in [0.1, 0.15) is 23.8 Å². The summed E-state index contributed by atoms with van der Waals surface area (Å²) in [6, 6.07) is 10.9. The van der Waals surface area contributed by atoms with E-state index in [2.05, 4.69) is 53.5 Å². The molecule has 0 bridgehead atoms. The molecule has 1 saturated heterocycles. The molecule has 1 fully saturated rings. The van der Waals surface area contributed by atoms with Gasteiger partial charge in [-0.05, 0) is 85.2 Å². The number of fused-ring (bicyclic) bond motifs is 3. The lowest BCUT2D eigenvalue weighted by Crippen LogP contribution is -2.42. The molecule has 3 aliphatic heterocycles. The van der Waals surface area contributed by atoms with Gasteiger partial charge in [0.25, 0.3) is 0 Å². The van der Waals surface area contributed by atoms with Crippen LogP contribution in [0.15, 0.2) is 47.6 Å². The maximum absolute atomic E-state index is 15.0. The number of carbonyl (C=O) groups is 1. The molecule has 0 spiro atoms. The molecule has 0 saturated carbocycles. The highest BCUT2D eigenvalue weighted by atomic mass is 19.1. The predicted molar refractivity (Wildman–Crippen MR) is 141 cm³/mol. The van der Waals surface area contributed by atoms with Crippen molar-refractivity contribution in [3.05, 3.63) is 65.0 Å². The maximum Gasteiger partial charge on any atom is 0.316 e. The molecule has 1 atom stereocenters. The first-order valence-corrected chi connectivity index (χ1v) is 12.8. The third kappa shape index (κ3) is 4.70. The molecule has 2 aromatic carbocycles. The number of halogens is 1. The average molecular weight is 508 g/mol. The second-order valence-corrected chi connectivity index (χ2v) is 10.6. The lowest BCUT2D eigenvalue weighted by atomic mass is 9.74. The highest BCUT2D eigenvalue weighted by Gasteiger charge is 2.44. The molecule has 196 valence electrons. The van der Waals surface area contributed by atoms with E-state index < -0.39 is 16.8 Å². The Bertz CT molecular complexity index is 1250. The Kier molecular flexibility index (Phi) is 6.70. The van der Waals surface area contributed by atoms with Gasteiger partial charge in [-0.15, -0.1) is 0 Å². The zero-order chi connectivity index (χ0) is 26.2. The number of hydrogen-bond acceptors (Lipinski definition) is 7. The highest BCUT2D eigenvalue weighted by Crippen LogP contribution is 2.41. The molecule has 0 aliphatic carbocycles. The first-order chi connectivity index (χ1) is 17.7. The Morgan fingerprint density at radius 1 is 1.22 bits per heavy atom. The Morgan fingerprint density at radius 2 is 2.00 bits per heavy atom. The van der Waals surface area contributed by atoms with Crippen molar-refractivity contribution < 1.29 is 23.4 Å². The lowest BCUT2D eigenvalue weighted by molar-refractivity contribution is -0.151. The number of nitrogens with zero attached hydrogens (tertiary/aromatic N) is 2. The van der Waals surface area contributed by atoms with Crippen LogP contribution in [0.3, 0.4) is 0 Å². The minimum atomic E-state index is -0.957. The molecule has 7 nitrogen and oxygen atoms in total. The Hall–Kier alpha value is -3.39. The van der Waals surface area contributed by atoms with Crippen molar-refractivity contribution in [1.29, 1.82) is 0 Å². The Balaban J connectivity index is 1.52. The van der Waals surface area contributed by atoms with Gasteiger partial charge in [0, 0.05) is 19.3 Å². The van der Waals surface area contributed by atoms with Crippen molar-refractivity contribution in [2.24, 2.45) is 11.0 Å². The van der Waals surface area contributed by atoms with Crippen LogP contribution in [-0.4, -0.2) is 38.8 Å². The van der Waals surface area contributed by atoms with Gasteiger partial charge in [-0.25, -0.2) is 4.39 Å². The molecule has 2 aromatic rings. The van der Waals surface area contributed by atoms with Crippen LogP contribution in [0.1, 0.15) is 56.7 Å². The quantitative estimate of drug-likeness (QED) is 0.526. The fourth-order valence-electron chi connectivity index (χ4n) is 5.77. The van der Waals surface area contributed by atoms with Gasteiger partial charge in [-0.1, -0.05) is 19.9 Å². The first-order valence-electron chi connectivity index (χ1n) is 12.8.